The summed E-state index contributed by atoms with van der Waals surface area (Å²) in [6.45, 7) is 0.721. The summed E-state index contributed by atoms with van der Waals surface area (Å²) in [5.41, 5.74) is 7.94. The first-order valence-corrected chi connectivity index (χ1v) is 6.45. The molecule has 1 aromatic carbocycles. The van der Waals surface area contributed by atoms with Crippen molar-refractivity contribution in [1.29, 1.82) is 0 Å². The molecule has 0 saturated heterocycles. The van der Waals surface area contributed by atoms with Crippen molar-refractivity contribution in [3.63, 3.8) is 0 Å². The van der Waals surface area contributed by atoms with Crippen molar-refractivity contribution in [3.8, 4) is 0 Å². The molecule has 5 nitrogen and oxygen atoms in total. The van der Waals surface area contributed by atoms with Gasteiger partial charge in [0.2, 0.25) is 0 Å². The van der Waals surface area contributed by atoms with Crippen molar-refractivity contribution in [1.82, 2.24) is 4.90 Å². The summed E-state index contributed by atoms with van der Waals surface area (Å²) in [6.07, 6.45) is 2.44. The predicted molar refractivity (Wildman–Crippen MR) is 79.8 cm³/mol. The number of anilines is 2. The lowest BCUT2D eigenvalue weighted by atomic mass is 10.1. The summed E-state index contributed by atoms with van der Waals surface area (Å²) in [5.74, 6) is 0.870. The van der Waals surface area contributed by atoms with Crippen molar-refractivity contribution in [2.24, 2.45) is 0 Å². The van der Waals surface area contributed by atoms with E-state index in [0.29, 0.717) is 11.3 Å². The lowest BCUT2D eigenvalue weighted by molar-refractivity contribution is 0.0827. The number of benzene rings is 1. The first-order chi connectivity index (χ1) is 9.58. The smallest absolute Gasteiger partial charge is 0.253 e. The van der Waals surface area contributed by atoms with E-state index in [4.69, 9.17) is 10.2 Å². The fraction of sp³-hybridized carbons (Fsp3) is 0.267. The van der Waals surface area contributed by atoms with Crippen LogP contribution in [0.25, 0.3) is 0 Å². The fourth-order valence-electron chi connectivity index (χ4n) is 1.89. The van der Waals surface area contributed by atoms with Gasteiger partial charge in [-0.05, 0) is 30.3 Å². The van der Waals surface area contributed by atoms with Crippen LogP contribution < -0.4 is 11.1 Å². The van der Waals surface area contributed by atoms with E-state index in [1.165, 1.54) is 4.90 Å². The average molecular weight is 273 g/mol. The summed E-state index contributed by atoms with van der Waals surface area (Å²) in [5, 5.41) is 3.24. The largest absolute Gasteiger partial charge is 0.469 e. The second-order valence-electron chi connectivity index (χ2n) is 4.76. The van der Waals surface area contributed by atoms with Gasteiger partial charge in [-0.25, -0.2) is 0 Å². The molecule has 1 amide bonds. The van der Waals surface area contributed by atoms with Gasteiger partial charge >= 0.3 is 0 Å². The van der Waals surface area contributed by atoms with E-state index in [1.54, 1.807) is 32.5 Å². The van der Waals surface area contributed by atoms with E-state index >= 15 is 0 Å². The average Bonchev–Trinajstić information content (AvgIpc) is 2.92. The Morgan fingerprint density at radius 1 is 1.35 bits per heavy atom. The standard InChI is InChI=1S/C15H19N3O2/c1-18(2)15(19)11-5-6-14(13(16)10-11)17-8-7-12-4-3-9-20-12/h3-6,9-10,17H,7-8,16H2,1-2H3. The van der Waals surface area contributed by atoms with Gasteiger partial charge in [-0.3, -0.25) is 4.79 Å². The van der Waals surface area contributed by atoms with Gasteiger partial charge in [0.15, 0.2) is 0 Å². The molecular weight excluding hydrogens is 254 g/mol. The number of nitrogens with one attached hydrogen (secondary N) is 1. The first kappa shape index (κ1) is 14.0. The summed E-state index contributed by atoms with van der Waals surface area (Å²) in [6, 6.07) is 9.09. The van der Waals surface area contributed by atoms with Gasteiger partial charge in [-0.15, -0.1) is 0 Å². The number of rotatable bonds is 5. The van der Waals surface area contributed by atoms with Gasteiger partial charge in [-0.2, -0.15) is 0 Å². The van der Waals surface area contributed by atoms with E-state index in [-0.39, 0.29) is 5.91 Å². The Bertz CT molecular complexity index is 577. The second kappa shape index (κ2) is 6.14. The summed E-state index contributed by atoms with van der Waals surface area (Å²) < 4.78 is 5.26. The number of hydrogen-bond donors (Lipinski definition) is 2. The molecule has 0 aliphatic heterocycles. The summed E-state index contributed by atoms with van der Waals surface area (Å²) >= 11 is 0. The van der Waals surface area contributed by atoms with E-state index < -0.39 is 0 Å². The molecule has 0 atom stereocenters. The van der Waals surface area contributed by atoms with Crippen LogP contribution in [0.3, 0.4) is 0 Å². The topological polar surface area (TPSA) is 71.5 Å². The molecule has 5 heteroatoms. The Morgan fingerprint density at radius 3 is 2.75 bits per heavy atom. The molecule has 0 unspecified atom stereocenters. The zero-order valence-corrected chi connectivity index (χ0v) is 11.7. The molecular formula is C15H19N3O2. The van der Waals surface area contributed by atoms with Gasteiger partial charge in [0.25, 0.3) is 5.91 Å². The van der Waals surface area contributed by atoms with Crippen LogP contribution >= 0.6 is 0 Å². The molecule has 0 aliphatic rings. The van der Waals surface area contributed by atoms with Crippen molar-refractivity contribution in [2.75, 3.05) is 31.7 Å². The van der Waals surface area contributed by atoms with E-state index in [2.05, 4.69) is 5.32 Å². The molecule has 0 fully saturated rings. The normalized spacial score (nSPS) is 10.3. The highest BCUT2D eigenvalue weighted by molar-refractivity contribution is 5.95. The number of hydrogen-bond acceptors (Lipinski definition) is 4. The molecule has 1 heterocycles. The quantitative estimate of drug-likeness (QED) is 0.819. The lowest BCUT2D eigenvalue weighted by Crippen LogP contribution is -2.21. The number of carbonyl (C=O) groups excluding carboxylic acids is 1. The monoisotopic (exact) mass is 273 g/mol. The Morgan fingerprint density at radius 2 is 2.15 bits per heavy atom. The van der Waals surface area contributed by atoms with E-state index in [9.17, 15) is 4.79 Å². The van der Waals surface area contributed by atoms with Crippen LogP contribution in [0, 0.1) is 0 Å². The van der Waals surface area contributed by atoms with Crippen molar-refractivity contribution in [3.05, 3.63) is 47.9 Å². The van der Waals surface area contributed by atoms with Gasteiger partial charge in [0, 0.05) is 32.6 Å². The molecule has 1 aromatic heterocycles. The fourth-order valence-corrected chi connectivity index (χ4v) is 1.89. The van der Waals surface area contributed by atoms with Crippen LogP contribution in [0.2, 0.25) is 0 Å². The van der Waals surface area contributed by atoms with Gasteiger partial charge in [-0.1, -0.05) is 0 Å². The summed E-state index contributed by atoms with van der Waals surface area (Å²) in [7, 11) is 3.43. The number of carbonyl (C=O) groups is 1. The van der Waals surface area contributed by atoms with Gasteiger partial charge < -0.3 is 20.4 Å². The van der Waals surface area contributed by atoms with E-state index in [1.807, 2.05) is 18.2 Å². The van der Waals surface area contributed by atoms with Crippen LogP contribution in [0.15, 0.2) is 41.0 Å². The van der Waals surface area contributed by atoms with Crippen LogP contribution in [0.1, 0.15) is 16.1 Å². The molecule has 2 aromatic rings. The Balaban J connectivity index is 1.97. The molecule has 0 saturated carbocycles. The van der Waals surface area contributed by atoms with Crippen LogP contribution in [-0.4, -0.2) is 31.4 Å². The maximum absolute atomic E-state index is 11.8. The second-order valence-corrected chi connectivity index (χ2v) is 4.76. The third-order valence-corrected chi connectivity index (χ3v) is 2.97. The zero-order valence-electron chi connectivity index (χ0n) is 11.7. The first-order valence-electron chi connectivity index (χ1n) is 6.45. The molecule has 0 bridgehead atoms. The molecule has 0 aliphatic carbocycles. The van der Waals surface area contributed by atoms with Crippen molar-refractivity contribution < 1.29 is 9.21 Å². The molecule has 0 radical (unpaired) electrons. The number of nitrogens with two attached hydrogens (primary N) is 1. The highest BCUT2D eigenvalue weighted by Gasteiger charge is 2.09. The highest BCUT2D eigenvalue weighted by Crippen LogP contribution is 2.20. The SMILES string of the molecule is CN(C)C(=O)c1ccc(NCCc2ccco2)c(N)c1. The van der Waals surface area contributed by atoms with Crippen LogP contribution in [0.5, 0.6) is 0 Å². The van der Waals surface area contributed by atoms with Gasteiger partial charge in [0.05, 0.1) is 17.6 Å². The molecule has 20 heavy (non-hydrogen) atoms. The zero-order chi connectivity index (χ0) is 14.5. The Kier molecular flexibility index (Phi) is 4.30. The molecule has 0 spiro atoms. The van der Waals surface area contributed by atoms with Crippen LogP contribution in [0.4, 0.5) is 11.4 Å². The minimum Gasteiger partial charge on any atom is -0.469 e. The third kappa shape index (κ3) is 3.32. The number of furan rings is 1. The van der Waals surface area contributed by atoms with E-state index in [0.717, 1.165) is 24.4 Å². The van der Waals surface area contributed by atoms with Crippen molar-refractivity contribution in [2.45, 2.75) is 6.42 Å². The third-order valence-electron chi connectivity index (χ3n) is 2.97. The maximum Gasteiger partial charge on any atom is 0.253 e. The lowest BCUT2D eigenvalue weighted by Gasteiger charge is -2.13. The predicted octanol–water partition coefficient (Wildman–Crippen LogP) is 2.22. The minimum atomic E-state index is -0.0566. The molecule has 3 N–H and O–H groups in total. The Labute approximate surface area is 118 Å². The highest BCUT2D eigenvalue weighted by atomic mass is 16.3. The minimum absolute atomic E-state index is 0.0566. The number of nitrogen functional groups attached to an aromatic ring is 1. The molecule has 2 rings (SSSR count). The maximum atomic E-state index is 11.8. The Hall–Kier alpha value is -2.43. The van der Waals surface area contributed by atoms with Gasteiger partial charge in [0.1, 0.15) is 5.76 Å². The number of nitrogens with zero attached hydrogens (tertiary/aromatic N) is 1. The van der Waals surface area contributed by atoms with Crippen LogP contribution in [-0.2, 0) is 6.42 Å². The van der Waals surface area contributed by atoms with Crippen molar-refractivity contribution >= 4 is 17.3 Å². The number of amides is 1. The molecule has 106 valence electrons. The summed E-state index contributed by atoms with van der Waals surface area (Å²) in [4.78, 5) is 13.3.